The van der Waals surface area contributed by atoms with Gasteiger partial charge in [-0.2, -0.15) is 0 Å². The van der Waals surface area contributed by atoms with Gasteiger partial charge in [-0.15, -0.1) is 0 Å². The second kappa shape index (κ2) is 5.38. The highest BCUT2D eigenvalue weighted by Gasteiger charge is 2.81. The summed E-state index contributed by atoms with van der Waals surface area (Å²) >= 11 is 0. The first-order valence-electron chi connectivity index (χ1n) is 11.8. The predicted octanol–water partition coefficient (Wildman–Crippen LogP) is 4.73. The van der Waals surface area contributed by atoms with Crippen molar-refractivity contribution in [2.24, 2.45) is 22.7 Å². The van der Waals surface area contributed by atoms with Gasteiger partial charge in [0.25, 0.3) is 0 Å². The number of fused-ring (bicyclic) bond motifs is 2. The zero-order valence-corrected chi connectivity index (χ0v) is 19.0. The number of hydrogen-bond acceptors (Lipinski definition) is 4. The van der Waals surface area contributed by atoms with Gasteiger partial charge in [0, 0.05) is 24.0 Å². The molecular weight excluding hydrogens is 376 g/mol. The molecule has 2 N–H and O–H groups in total. The quantitative estimate of drug-likeness (QED) is 0.737. The summed E-state index contributed by atoms with van der Waals surface area (Å²) in [5, 5.41) is 22.8. The van der Waals surface area contributed by atoms with Crippen LogP contribution in [0.3, 0.4) is 0 Å². The Morgan fingerprint density at radius 1 is 1.13 bits per heavy atom. The Morgan fingerprint density at radius 3 is 2.60 bits per heavy atom. The van der Waals surface area contributed by atoms with Crippen molar-refractivity contribution in [3.63, 3.8) is 0 Å². The molecule has 6 aliphatic rings. The number of phenols is 1. The molecule has 30 heavy (non-hydrogen) atoms. The number of rotatable bonds is 2. The second-order valence-electron chi connectivity index (χ2n) is 12.2. The second-order valence-corrected chi connectivity index (χ2v) is 12.2. The smallest absolute Gasteiger partial charge is 0.165 e. The molecule has 0 amide bonds. The van der Waals surface area contributed by atoms with Gasteiger partial charge < -0.3 is 19.7 Å². The van der Waals surface area contributed by atoms with Crippen LogP contribution in [0.15, 0.2) is 12.1 Å². The summed E-state index contributed by atoms with van der Waals surface area (Å²) in [6, 6.07) is 3.96. The lowest BCUT2D eigenvalue weighted by atomic mass is 9.31. The molecule has 4 fully saturated rings. The standard InChI is InChI=1S/C26H36O4/c1-22(2,3)23(4,28)18-14-24-11-12-26(18,29-5)21-25(24)10-6-7-16(24)13-15-8-9-17(27)20(30-21)19(15)25/h8-9,16,18,21,27-28H,6-7,10-14H2,1-5H3/t16-,18-,21-,23?,24-,25?,26-/m1/s1. The minimum absolute atomic E-state index is 0.000445. The largest absolute Gasteiger partial charge is 0.504 e. The van der Waals surface area contributed by atoms with E-state index >= 15 is 0 Å². The number of phenolic OH excluding ortho intramolecular Hbond substituents is 1. The molecule has 0 radical (unpaired) electrons. The molecule has 2 spiro atoms. The van der Waals surface area contributed by atoms with Gasteiger partial charge in [-0.3, -0.25) is 0 Å². The van der Waals surface area contributed by atoms with E-state index in [1.54, 1.807) is 0 Å². The van der Waals surface area contributed by atoms with Gasteiger partial charge in [0.1, 0.15) is 11.7 Å². The monoisotopic (exact) mass is 412 g/mol. The molecule has 1 aliphatic heterocycles. The molecule has 0 aromatic heterocycles. The maximum atomic E-state index is 12.0. The lowest BCUT2D eigenvalue weighted by molar-refractivity contribution is -0.309. The highest BCUT2D eigenvalue weighted by molar-refractivity contribution is 5.62. The molecule has 7 atom stereocenters. The van der Waals surface area contributed by atoms with Gasteiger partial charge in [0.05, 0.1) is 5.60 Å². The lowest BCUT2D eigenvalue weighted by Gasteiger charge is -2.74. The molecule has 5 aliphatic carbocycles. The van der Waals surface area contributed by atoms with Gasteiger partial charge in [-0.1, -0.05) is 33.3 Å². The van der Waals surface area contributed by atoms with E-state index in [4.69, 9.17) is 9.47 Å². The average Bonchev–Trinajstić information content (AvgIpc) is 3.05. The van der Waals surface area contributed by atoms with Gasteiger partial charge in [-0.05, 0) is 73.8 Å². The fourth-order valence-corrected chi connectivity index (χ4v) is 8.97. The summed E-state index contributed by atoms with van der Waals surface area (Å²) in [5.74, 6) is 1.59. The average molecular weight is 413 g/mol. The van der Waals surface area contributed by atoms with Crippen molar-refractivity contribution < 1.29 is 19.7 Å². The number of benzene rings is 1. The number of ether oxygens (including phenoxy) is 2. The molecule has 4 nitrogen and oxygen atoms in total. The number of aromatic hydroxyl groups is 1. The normalized spacial score (nSPS) is 44.9. The van der Waals surface area contributed by atoms with E-state index in [0.717, 1.165) is 32.1 Å². The summed E-state index contributed by atoms with van der Waals surface area (Å²) in [5.41, 5.74) is 1.01. The van der Waals surface area contributed by atoms with Crippen LogP contribution >= 0.6 is 0 Å². The van der Waals surface area contributed by atoms with E-state index in [0.29, 0.717) is 11.7 Å². The Balaban J connectivity index is 1.65. The molecule has 7 rings (SSSR count). The fraction of sp³-hybridized carbons (Fsp3) is 0.769. The molecule has 1 aromatic carbocycles. The van der Waals surface area contributed by atoms with Crippen molar-refractivity contribution in [3.8, 4) is 11.5 Å². The highest BCUT2D eigenvalue weighted by Crippen LogP contribution is 2.79. The number of hydrogen-bond donors (Lipinski definition) is 2. The van der Waals surface area contributed by atoms with Crippen molar-refractivity contribution in [1.29, 1.82) is 0 Å². The van der Waals surface area contributed by atoms with E-state index in [1.807, 2.05) is 20.1 Å². The van der Waals surface area contributed by atoms with Crippen LogP contribution in [0.1, 0.15) is 77.3 Å². The van der Waals surface area contributed by atoms with E-state index in [1.165, 1.54) is 24.0 Å². The van der Waals surface area contributed by atoms with Crippen LogP contribution in [0.4, 0.5) is 0 Å². The number of methoxy groups -OCH3 is 1. The van der Waals surface area contributed by atoms with Crippen molar-refractivity contribution in [2.75, 3.05) is 7.11 Å². The molecule has 1 heterocycles. The SMILES string of the molecule is CO[C@]12CC[C@@]3(C[C@@H]1C(C)(O)C(C)(C)C)[C@@H]1CCCC34c3c(ccc(O)c3O[C@H]42)C1. The molecular formula is C26H36O4. The number of aliphatic hydroxyl groups is 1. The maximum absolute atomic E-state index is 12.0. The summed E-state index contributed by atoms with van der Waals surface area (Å²) in [7, 11) is 1.82. The fourth-order valence-electron chi connectivity index (χ4n) is 8.97. The first-order valence-corrected chi connectivity index (χ1v) is 11.8. The Hall–Kier alpha value is -1.26. The van der Waals surface area contributed by atoms with Crippen molar-refractivity contribution in [1.82, 2.24) is 0 Å². The summed E-state index contributed by atoms with van der Waals surface area (Å²) < 4.78 is 13.3. The van der Waals surface area contributed by atoms with Gasteiger partial charge in [0.2, 0.25) is 0 Å². The lowest BCUT2D eigenvalue weighted by Crippen LogP contribution is -2.80. The summed E-state index contributed by atoms with van der Waals surface area (Å²) in [6.45, 7) is 8.44. The van der Waals surface area contributed by atoms with E-state index in [9.17, 15) is 10.2 Å². The van der Waals surface area contributed by atoms with Crippen LogP contribution in [0.2, 0.25) is 0 Å². The highest BCUT2D eigenvalue weighted by atomic mass is 16.6. The van der Waals surface area contributed by atoms with Crippen LogP contribution in [-0.2, 0) is 16.6 Å². The van der Waals surface area contributed by atoms with Gasteiger partial charge in [-0.25, -0.2) is 0 Å². The van der Waals surface area contributed by atoms with Crippen LogP contribution in [0, 0.1) is 22.7 Å². The zero-order valence-electron chi connectivity index (χ0n) is 19.0. The zero-order chi connectivity index (χ0) is 21.3. The first-order chi connectivity index (χ1) is 14.1. The third-order valence-corrected chi connectivity index (χ3v) is 10.8. The predicted molar refractivity (Wildman–Crippen MR) is 115 cm³/mol. The Morgan fingerprint density at radius 2 is 1.90 bits per heavy atom. The van der Waals surface area contributed by atoms with Crippen LogP contribution in [-0.4, -0.2) is 34.6 Å². The minimum atomic E-state index is -0.882. The van der Waals surface area contributed by atoms with Gasteiger partial charge >= 0.3 is 0 Å². The van der Waals surface area contributed by atoms with Crippen molar-refractivity contribution in [3.05, 3.63) is 23.3 Å². The Bertz CT molecular complexity index is 930. The van der Waals surface area contributed by atoms with Crippen molar-refractivity contribution in [2.45, 2.75) is 95.4 Å². The topological polar surface area (TPSA) is 58.9 Å². The van der Waals surface area contributed by atoms with Gasteiger partial charge in [0.15, 0.2) is 11.5 Å². The van der Waals surface area contributed by atoms with E-state index in [-0.39, 0.29) is 34.0 Å². The molecule has 4 saturated carbocycles. The van der Waals surface area contributed by atoms with Crippen molar-refractivity contribution >= 4 is 0 Å². The summed E-state index contributed by atoms with van der Waals surface area (Å²) in [4.78, 5) is 0. The molecule has 164 valence electrons. The Kier molecular flexibility index (Phi) is 3.48. The van der Waals surface area contributed by atoms with E-state index < -0.39 is 11.2 Å². The van der Waals surface area contributed by atoms with Crippen LogP contribution in [0.5, 0.6) is 11.5 Å². The van der Waals surface area contributed by atoms with E-state index in [2.05, 4.69) is 26.8 Å². The molecule has 2 unspecified atom stereocenters. The van der Waals surface area contributed by atoms with Crippen LogP contribution < -0.4 is 4.74 Å². The molecule has 0 saturated heterocycles. The Labute approximate surface area is 180 Å². The third kappa shape index (κ3) is 1.78. The summed E-state index contributed by atoms with van der Waals surface area (Å²) in [6.07, 6.45) is 7.56. The van der Waals surface area contributed by atoms with Crippen LogP contribution in [0.25, 0.3) is 0 Å². The molecule has 4 heteroatoms. The molecule has 1 aromatic rings. The first kappa shape index (κ1) is 19.4. The molecule has 4 bridgehead atoms. The maximum Gasteiger partial charge on any atom is 0.165 e. The third-order valence-electron chi connectivity index (χ3n) is 10.8. The minimum Gasteiger partial charge on any atom is -0.504 e.